The predicted molar refractivity (Wildman–Crippen MR) is 66.3 cm³/mol. The summed E-state index contributed by atoms with van der Waals surface area (Å²) in [5.74, 6) is 1.70. The van der Waals surface area contributed by atoms with Crippen LogP contribution in [0.4, 0.5) is 5.95 Å². The van der Waals surface area contributed by atoms with Gasteiger partial charge in [0.1, 0.15) is 0 Å². The van der Waals surface area contributed by atoms with Crippen LogP contribution in [0.25, 0.3) is 0 Å². The minimum absolute atomic E-state index is 0.364. The van der Waals surface area contributed by atoms with Gasteiger partial charge in [0.15, 0.2) is 5.82 Å². The minimum atomic E-state index is -0.364. The van der Waals surface area contributed by atoms with E-state index in [1.807, 2.05) is 6.92 Å². The lowest BCUT2D eigenvalue weighted by molar-refractivity contribution is 0.370. The average molecular weight is 225 g/mol. The van der Waals surface area contributed by atoms with Crippen molar-refractivity contribution in [3.63, 3.8) is 0 Å². The first-order valence-electron chi connectivity index (χ1n) is 6.09. The predicted octanol–water partition coefficient (Wildman–Crippen LogP) is 1.70. The molecule has 0 aliphatic heterocycles. The number of aromatic nitrogens is 3. The Hall–Kier alpha value is -1.10. The second kappa shape index (κ2) is 5.30. The van der Waals surface area contributed by atoms with Gasteiger partial charge in [-0.25, -0.2) is 0 Å². The molecule has 0 bridgehead atoms. The van der Waals surface area contributed by atoms with Crippen LogP contribution in [0, 0.1) is 0 Å². The van der Waals surface area contributed by atoms with Gasteiger partial charge < -0.3 is 11.1 Å². The van der Waals surface area contributed by atoms with Gasteiger partial charge >= 0.3 is 0 Å². The molecule has 0 aliphatic carbocycles. The van der Waals surface area contributed by atoms with E-state index >= 15 is 0 Å². The SMILES string of the molecule is CCNc1nnc(C(N)(CC)CC)n1CC. The zero-order valence-electron chi connectivity index (χ0n) is 10.7. The average Bonchev–Trinajstić information content (AvgIpc) is 2.72. The second-order valence-electron chi connectivity index (χ2n) is 3.99. The van der Waals surface area contributed by atoms with E-state index in [2.05, 4.69) is 40.9 Å². The maximum atomic E-state index is 6.35. The van der Waals surface area contributed by atoms with Gasteiger partial charge in [0, 0.05) is 13.1 Å². The topological polar surface area (TPSA) is 68.8 Å². The fourth-order valence-corrected chi connectivity index (χ4v) is 1.83. The molecule has 5 heteroatoms. The molecule has 1 aromatic heterocycles. The van der Waals surface area contributed by atoms with E-state index in [1.165, 1.54) is 0 Å². The van der Waals surface area contributed by atoms with E-state index in [4.69, 9.17) is 5.73 Å². The highest BCUT2D eigenvalue weighted by atomic mass is 15.4. The Morgan fingerprint density at radius 3 is 2.25 bits per heavy atom. The lowest BCUT2D eigenvalue weighted by Gasteiger charge is -2.26. The molecule has 92 valence electrons. The summed E-state index contributed by atoms with van der Waals surface area (Å²) >= 11 is 0. The van der Waals surface area contributed by atoms with Crippen molar-refractivity contribution in [2.45, 2.75) is 52.6 Å². The van der Waals surface area contributed by atoms with Gasteiger partial charge in [0.05, 0.1) is 5.54 Å². The molecule has 0 saturated heterocycles. The highest BCUT2D eigenvalue weighted by molar-refractivity contribution is 5.27. The number of anilines is 1. The summed E-state index contributed by atoms with van der Waals surface area (Å²) in [6.45, 7) is 9.98. The van der Waals surface area contributed by atoms with Crippen LogP contribution in [0.5, 0.6) is 0 Å². The van der Waals surface area contributed by atoms with Crippen LogP contribution in [0.3, 0.4) is 0 Å². The summed E-state index contributed by atoms with van der Waals surface area (Å²) in [7, 11) is 0. The van der Waals surface area contributed by atoms with Crippen molar-refractivity contribution in [3.05, 3.63) is 5.82 Å². The van der Waals surface area contributed by atoms with Crippen molar-refractivity contribution in [1.29, 1.82) is 0 Å². The Morgan fingerprint density at radius 1 is 1.19 bits per heavy atom. The largest absolute Gasteiger partial charge is 0.355 e. The van der Waals surface area contributed by atoms with Gasteiger partial charge in [-0.05, 0) is 26.7 Å². The van der Waals surface area contributed by atoms with Crippen LogP contribution in [0.2, 0.25) is 0 Å². The van der Waals surface area contributed by atoms with Crippen molar-refractivity contribution in [3.8, 4) is 0 Å². The minimum Gasteiger partial charge on any atom is -0.355 e. The van der Waals surface area contributed by atoms with Crippen LogP contribution in [0.1, 0.15) is 46.4 Å². The molecule has 0 aromatic carbocycles. The maximum Gasteiger partial charge on any atom is 0.224 e. The molecule has 0 saturated carbocycles. The molecular formula is C11H23N5. The van der Waals surface area contributed by atoms with Crippen LogP contribution in [-0.2, 0) is 12.1 Å². The lowest BCUT2D eigenvalue weighted by Crippen LogP contribution is -2.38. The molecule has 1 heterocycles. The molecule has 0 fully saturated rings. The monoisotopic (exact) mass is 225 g/mol. The molecule has 1 aromatic rings. The number of hydrogen-bond donors (Lipinski definition) is 2. The van der Waals surface area contributed by atoms with Crippen molar-refractivity contribution < 1.29 is 0 Å². The summed E-state index contributed by atoms with van der Waals surface area (Å²) < 4.78 is 2.07. The number of hydrogen-bond acceptors (Lipinski definition) is 4. The van der Waals surface area contributed by atoms with E-state index in [0.29, 0.717) is 0 Å². The molecule has 0 spiro atoms. The van der Waals surface area contributed by atoms with Gasteiger partial charge in [0.2, 0.25) is 5.95 Å². The molecule has 1 rings (SSSR count). The first-order valence-corrected chi connectivity index (χ1v) is 6.09. The zero-order valence-corrected chi connectivity index (χ0v) is 10.7. The number of nitrogens with zero attached hydrogens (tertiary/aromatic N) is 3. The molecule has 0 atom stereocenters. The highest BCUT2D eigenvalue weighted by Crippen LogP contribution is 2.25. The first kappa shape index (κ1) is 13.0. The Balaban J connectivity index is 3.13. The Morgan fingerprint density at radius 2 is 1.81 bits per heavy atom. The van der Waals surface area contributed by atoms with E-state index in [0.717, 1.165) is 37.7 Å². The first-order chi connectivity index (χ1) is 7.62. The van der Waals surface area contributed by atoms with Crippen molar-refractivity contribution in [2.24, 2.45) is 5.73 Å². The molecule has 0 radical (unpaired) electrons. The lowest BCUT2D eigenvalue weighted by atomic mass is 9.93. The van der Waals surface area contributed by atoms with Crippen molar-refractivity contribution in [1.82, 2.24) is 14.8 Å². The molecule has 3 N–H and O–H groups in total. The van der Waals surface area contributed by atoms with Crippen molar-refractivity contribution in [2.75, 3.05) is 11.9 Å². The quantitative estimate of drug-likeness (QED) is 0.773. The van der Waals surface area contributed by atoms with E-state index < -0.39 is 0 Å². The number of rotatable bonds is 6. The van der Waals surface area contributed by atoms with E-state index in [9.17, 15) is 0 Å². The summed E-state index contributed by atoms with van der Waals surface area (Å²) in [6, 6.07) is 0. The molecule has 0 amide bonds. The normalized spacial score (nSPS) is 11.8. The molecule has 5 nitrogen and oxygen atoms in total. The summed E-state index contributed by atoms with van der Waals surface area (Å²) in [5, 5.41) is 11.6. The number of nitrogens with one attached hydrogen (secondary N) is 1. The summed E-state index contributed by atoms with van der Waals surface area (Å²) in [4.78, 5) is 0. The summed E-state index contributed by atoms with van der Waals surface area (Å²) in [6.07, 6.45) is 1.74. The van der Waals surface area contributed by atoms with E-state index in [-0.39, 0.29) is 5.54 Å². The third-order valence-corrected chi connectivity index (χ3v) is 3.11. The van der Waals surface area contributed by atoms with Crippen molar-refractivity contribution >= 4 is 5.95 Å². The number of nitrogens with two attached hydrogens (primary N) is 1. The van der Waals surface area contributed by atoms with Gasteiger partial charge in [-0.15, -0.1) is 10.2 Å². The Labute approximate surface area is 97.4 Å². The van der Waals surface area contributed by atoms with Gasteiger partial charge in [-0.1, -0.05) is 13.8 Å². The molecule has 0 unspecified atom stereocenters. The third-order valence-electron chi connectivity index (χ3n) is 3.11. The smallest absolute Gasteiger partial charge is 0.224 e. The van der Waals surface area contributed by atoms with E-state index in [1.54, 1.807) is 0 Å². The van der Waals surface area contributed by atoms with Crippen LogP contribution >= 0.6 is 0 Å². The van der Waals surface area contributed by atoms with Gasteiger partial charge in [0.25, 0.3) is 0 Å². The Kier molecular flexibility index (Phi) is 4.29. The molecular weight excluding hydrogens is 202 g/mol. The fourth-order valence-electron chi connectivity index (χ4n) is 1.83. The standard InChI is InChI=1S/C11H23N5/c1-5-11(12,6-2)9-14-15-10(13-7-3)16(9)8-4/h5-8,12H2,1-4H3,(H,13,15). The second-order valence-corrected chi connectivity index (χ2v) is 3.99. The maximum absolute atomic E-state index is 6.35. The summed E-state index contributed by atoms with van der Waals surface area (Å²) in [5.41, 5.74) is 5.99. The highest BCUT2D eigenvalue weighted by Gasteiger charge is 2.29. The fraction of sp³-hybridized carbons (Fsp3) is 0.818. The third kappa shape index (κ3) is 2.19. The van der Waals surface area contributed by atoms with Crippen LogP contribution in [-0.4, -0.2) is 21.3 Å². The molecule has 0 aliphatic rings. The van der Waals surface area contributed by atoms with Crippen LogP contribution < -0.4 is 11.1 Å². The van der Waals surface area contributed by atoms with Gasteiger partial charge in [-0.3, -0.25) is 4.57 Å². The zero-order chi connectivity index (χ0) is 12.2. The Bertz CT molecular complexity index is 327. The van der Waals surface area contributed by atoms with Gasteiger partial charge in [-0.2, -0.15) is 0 Å². The van der Waals surface area contributed by atoms with Crippen LogP contribution in [0.15, 0.2) is 0 Å². The molecule has 16 heavy (non-hydrogen) atoms.